The van der Waals surface area contributed by atoms with Gasteiger partial charge >= 0.3 is 5.97 Å². The first-order valence-electron chi connectivity index (χ1n) is 9.11. The van der Waals surface area contributed by atoms with Crippen LogP contribution in [0.5, 0.6) is 0 Å². The fraction of sp³-hybridized carbons (Fsp3) is 0.889. The van der Waals surface area contributed by atoms with E-state index in [9.17, 15) is 4.79 Å². The van der Waals surface area contributed by atoms with Gasteiger partial charge in [-0.1, -0.05) is 20.8 Å². The van der Waals surface area contributed by atoms with Crippen molar-refractivity contribution >= 4 is 20.7 Å². The largest absolute Gasteiger partial charge is 0.415 e. The Kier molecular flexibility index (Phi) is 6.05. The molecule has 0 aliphatic carbocycles. The van der Waals surface area contributed by atoms with Gasteiger partial charge in [0.2, 0.25) is 0 Å². The SMILES string of the molecule is CC(=O)O/C=N\[C@@H]1O[C@H]([C@@H](C)O[Si](C)(C)C(C)(C)C)[C@H]2OC(C)(C)O[C@H]21. The van der Waals surface area contributed by atoms with Crippen LogP contribution in [0.25, 0.3) is 0 Å². The molecule has 2 rings (SSSR count). The van der Waals surface area contributed by atoms with Crippen molar-refractivity contribution in [2.24, 2.45) is 4.99 Å². The molecule has 0 aromatic heterocycles. The summed E-state index contributed by atoms with van der Waals surface area (Å²) in [6.45, 7) is 18.1. The topological polar surface area (TPSA) is 75.6 Å². The highest BCUT2D eigenvalue weighted by Gasteiger charge is 2.57. The van der Waals surface area contributed by atoms with Crippen LogP contribution in [0.2, 0.25) is 18.1 Å². The summed E-state index contributed by atoms with van der Waals surface area (Å²) in [7, 11) is -1.96. The molecule has 0 aromatic rings. The average Bonchev–Trinajstić information content (AvgIpc) is 2.90. The molecule has 2 aliphatic heterocycles. The van der Waals surface area contributed by atoms with Gasteiger partial charge in [-0.05, 0) is 38.9 Å². The minimum atomic E-state index is -1.96. The molecule has 0 aromatic carbocycles. The molecule has 0 bridgehead atoms. The van der Waals surface area contributed by atoms with Crippen LogP contribution in [0.1, 0.15) is 48.5 Å². The van der Waals surface area contributed by atoms with Crippen molar-refractivity contribution in [3.63, 3.8) is 0 Å². The van der Waals surface area contributed by atoms with Crippen molar-refractivity contribution in [1.82, 2.24) is 0 Å². The number of carbonyl (C=O) groups excluding carboxylic acids is 1. The van der Waals surface area contributed by atoms with Gasteiger partial charge in [0.05, 0.1) is 6.10 Å². The molecular weight excluding hydrogens is 354 g/mol. The molecule has 150 valence electrons. The molecule has 0 amide bonds. The van der Waals surface area contributed by atoms with Crippen molar-refractivity contribution in [2.45, 2.75) is 103 Å². The number of aliphatic imine (C=N–C) groups is 1. The Labute approximate surface area is 157 Å². The van der Waals surface area contributed by atoms with Gasteiger partial charge in [0, 0.05) is 6.92 Å². The second-order valence-corrected chi connectivity index (χ2v) is 13.8. The van der Waals surface area contributed by atoms with Crippen LogP contribution in [0.4, 0.5) is 0 Å². The summed E-state index contributed by atoms with van der Waals surface area (Å²) < 4.78 is 29.4. The van der Waals surface area contributed by atoms with E-state index in [1.54, 1.807) is 0 Å². The van der Waals surface area contributed by atoms with Crippen LogP contribution in [0.3, 0.4) is 0 Å². The maximum atomic E-state index is 10.9. The van der Waals surface area contributed by atoms with Crippen molar-refractivity contribution < 1.29 is 28.2 Å². The Morgan fingerprint density at radius 1 is 1.23 bits per heavy atom. The molecule has 0 unspecified atom stereocenters. The van der Waals surface area contributed by atoms with Gasteiger partial charge in [-0.2, -0.15) is 0 Å². The van der Waals surface area contributed by atoms with Crippen molar-refractivity contribution in [1.29, 1.82) is 0 Å². The van der Waals surface area contributed by atoms with Gasteiger partial charge in [-0.3, -0.25) is 4.79 Å². The van der Waals surface area contributed by atoms with E-state index in [0.717, 1.165) is 6.40 Å². The molecule has 2 heterocycles. The van der Waals surface area contributed by atoms with Crippen molar-refractivity contribution in [3.8, 4) is 0 Å². The number of carbonyl (C=O) groups is 1. The smallest absolute Gasteiger partial charge is 0.308 e. The molecular formula is C18H33NO6Si. The molecule has 0 radical (unpaired) electrons. The molecule has 26 heavy (non-hydrogen) atoms. The molecule has 7 nitrogen and oxygen atoms in total. The van der Waals surface area contributed by atoms with Crippen LogP contribution < -0.4 is 0 Å². The minimum absolute atomic E-state index is 0.0957. The summed E-state index contributed by atoms with van der Waals surface area (Å²) in [4.78, 5) is 15.2. The average molecular weight is 388 g/mol. The van der Waals surface area contributed by atoms with Gasteiger partial charge in [0.15, 0.2) is 26.7 Å². The summed E-state index contributed by atoms with van der Waals surface area (Å²) in [6.07, 6.45) is -0.626. The predicted octanol–water partition coefficient (Wildman–Crippen LogP) is 3.23. The Balaban J connectivity index is 2.15. The lowest BCUT2D eigenvalue weighted by atomic mass is 10.1. The number of hydrogen-bond acceptors (Lipinski definition) is 7. The number of ether oxygens (including phenoxy) is 4. The Hall–Kier alpha value is -0.803. The highest BCUT2D eigenvalue weighted by atomic mass is 28.4. The van der Waals surface area contributed by atoms with E-state index in [0.29, 0.717) is 0 Å². The molecule has 0 spiro atoms. The zero-order valence-electron chi connectivity index (χ0n) is 17.4. The van der Waals surface area contributed by atoms with E-state index < -0.39 is 26.3 Å². The quantitative estimate of drug-likeness (QED) is 0.312. The summed E-state index contributed by atoms with van der Waals surface area (Å²) in [6, 6.07) is 0. The van der Waals surface area contributed by atoms with E-state index in [1.807, 2.05) is 20.8 Å². The lowest BCUT2D eigenvalue weighted by Gasteiger charge is -2.40. The van der Waals surface area contributed by atoms with Crippen molar-refractivity contribution in [3.05, 3.63) is 0 Å². The number of hydrogen-bond donors (Lipinski definition) is 0. The number of fused-ring (bicyclic) bond motifs is 1. The third-order valence-corrected chi connectivity index (χ3v) is 9.81. The number of nitrogens with zero attached hydrogens (tertiary/aromatic N) is 1. The standard InChI is InChI=1S/C18H33NO6Si/c1-11(25-26(8,9)17(3,4)5)13-14-15(24-18(6,7)23-14)16(22-13)19-10-21-12(2)20/h10-11,13-16H,1-9H3/b19-10-/t11-,13-,14-,15-,16-/m1/s1. The van der Waals surface area contributed by atoms with E-state index in [4.69, 9.17) is 23.4 Å². The number of esters is 1. The monoisotopic (exact) mass is 387 g/mol. The van der Waals surface area contributed by atoms with Gasteiger partial charge in [-0.25, -0.2) is 4.99 Å². The van der Waals surface area contributed by atoms with E-state index in [1.165, 1.54) is 6.92 Å². The van der Waals surface area contributed by atoms with E-state index in [2.05, 4.69) is 38.9 Å². The normalized spacial score (nSPS) is 32.7. The Morgan fingerprint density at radius 2 is 1.81 bits per heavy atom. The van der Waals surface area contributed by atoms with Crippen LogP contribution >= 0.6 is 0 Å². The first-order chi connectivity index (χ1) is 11.7. The highest BCUT2D eigenvalue weighted by Crippen LogP contribution is 2.43. The summed E-state index contributed by atoms with van der Waals surface area (Å²) in [5, 5.41) is 0.0957. The molecule has 0 saturated carbocycles. The summed E-state index contributed by atoms with van der Waals surface area (Å²) in [5.41, 5.74) is 0. The van der Waals surface area contributed by atoms with Gasteiger partial charge < -0.3 is 23.4 Å². The van der Waals surface area contributed by atoms with Crippen LogP contribution in [-0.2, 0) is 28.2 Å². The number of rotatable bonds is 5. The molecule has 2 fully saturated rings. The molecule has 5 atom stereocenters. The highest BCUT2D eigenvalue weighted by molar-refractivity contribution is 6.74. The molecule has 2 aliphatic rings. The minimum Gasteiger partial charge on any atom is -0.415 e. The fourth-order valence-electron chi connectivity index (χ4n) is 2.98. The van der Waals surface area contributed by atoms with Crippen molar-refractivity contribution in [2.75, 3.05) is 0 Å². The van der Waals surface area contributed by atoms with E-state index >= 15 is 0 Å². The lowest BCUT2D eigenvalue weighted by Crippen LogP contribution is -2.48. The zero-order valence-corrected chi connectivity index (χ0v) is 18.4. The second-order valence-electron chi connectivity index (χ2n) is 9.00. The Bertz CT molecular complexity index is 556. The van der Waals surface area contributed by atoms with E-state index in [-0.39, 0.29) is 29.5 Å². The maximum absolute atomic E-state index is 10.9. The molecule has 2 saturated heterocycles. The first-order valence-corrected chi connectivity index (χ1v) is 12.0. The third-order valence-electron chi connectivity index (χ3n) is 5.24. The van der Waals surface area contributed by atoms with Gasteiger partial charge in [0.25, 0.3) is 0 Å². The lowest BCUT2D eigenvalue weighted by molar-refractivity contribution is -0.194. The summed E-state index contributed by atoms with van der Waals surface area (Å²) >= 11 is 0. The maximum Gasteiger partial charge on any atom is 0.308 e. The molecule has 8 heteroatoms. The molecule has 0 N–H and O–H groups in total. The third kappa shape index (κ3) is 4.72. The van der Waals surface area contributed by atoms with Crippen LogP contribution in [0.15, 0.2) is 4.99 Å². The second kappa shape index (κ2) is 7.31. The fourth-order valence-corrected chi connectivity index (χ4v) is 4.40. The van der Waals surface area contributed by atoms with Gasteiger partial charge in [0.1, 0.15) is 18.3 Å². The zero-order chi connectivity index (χ0) is 19.9. The predicted molar refractivity (Wildman–Crippen MR) is 100 cm³/mol. The Morgan fingerprint density at radius 3 is 2.35 bits per heavy atom. The first kappa shape index (κ1) is 21.5. The van der Waals surface area contributed by atoms with Crippen LogP contribution in [0, 0.1) is 0 Å². The van der Waals surface area contributed by atoms with Crippen LogP contribution in [-0.4, -0.2) is 57.1 Å². The van der Waals surface area contributed by atoms with Gasteiger partial charge in [-0.15, -0.1) is 0 Å². The summed E-state index contributed by atoms with van der Waals surface area (Å²) in [5.74, 6) is -1.15.